The fourth-order valence-electron chi connectivity index (χ4n) is 4.94. The zero-order valence-electron chi connectivity index (χ0n) is 24.9. The van der Waals surface area contributed by atoms with E-state index in [1.165, 1.54) is 11.1 Å². The third kappa shape index (κ3) is 10.6. The van der Waals surface area contributed by atoms with Crippen molar-refractivity contribution >= 4 is 12.2 Å². The molecule has 0 saturated carbocycles. The van der Waals surface area contributed by atoms with Crippen molar-refractivity contribution in [2.75, 3.05) is 13.1 Å². The van der Waals surface area contributed by atoms with Crippen molar-refractivity contribution in [1.29, 1.82) is 0 Å². The van der Waals surface area contributed by atoms with Gasteiger partial charge in [-0.3, -0.25) is 4.79 Å². The van der Waals surface area contributed by atoms with Gasteiger partial charge in [0.2, 0.25) is 0 Å². The maximum Gasteiger partial charge on any atom is 0.251 e. The number of carbonyl (C=O) groups is 2. The molecule has 1 unspecified atom stereocenters. The maximum atomic E-state index is 12.9. The van der Waals surface area contributed by atoms with E-state index in [0.717, 1.165) is 55.2 Å². The number of carbonyl (C=O) groups excluding carboxylic acids is 2. The molecule has 220 valence electrons. The predicted molar refractivity (Wildman–Crippen MR) is 164 cm³/mol. The zero-order chi connectivity index (χ0) is 29.6. The lowest BCUT2D eigenvalue weighted by Gasteiger charge is -2.20. The number of nitrogens with zero attached hydrogens (tertiary/aromatic N) is 3. The Hall–Kier alpha value is -3.85. The second-order valence-corrected chi connectivity index (χ2v) is 11.1. The number of nitrogens with one attached hydrogen (secondary N) is 4. The van der Waals surface area contributed by atoms with Gasteiger partial charge in [-0.1, -0.05) is 53.3 Å². The second kappa shape index (κ2) is 16.4. The molecule has 2 aromatic rings. The average molecular weight is 560 g/mol. The first-order chi connectivity index (χ1) is 19.8. The van der Waals surface area contributed by atoms with Gasteiger partial charge in [0, 0.05) is 29.3 Å². The number of aromatic amines is 1. The van der Waals surface area contributed by atoms with Crippen LogP contribution in [0.4, 0.5) is 0 Å². The number of rotatable bonds is 17. The van der Waals surface area contributed by atoms with Gasteiger partial charge in [0.25, 0.3) is 5.91 Å². The van der Waals surface area contributed by atoms with Crippen molar-refractivity contribution in [3.63, 3.8) is 0 Å². The lowest BCUT2D eigenvalue weighted by atomic mass is 9.87. The molecule has 41 heavy (non-hydrogen) atoms. The predicted octanol–water partition coefficient (Wildman–Crippen LogP) is 4.69. The van der Waals surface area contributed by atoms with E-state index < -0.39 is 0 Å². The molecule has 0 bridgehead atoms. The van der Waals surface area contributed by atoms with Crippen LogP contribution in [0, 0.1) is 0 Å². The van der Waals surface area contributed by atoms with E-state index in [1.807, 2.05) is 32.0 Å². The molecule has 1 heterocycles. The summed E-state index contributed by atoms with van der Waals surface area (Å²) in [5, 5.41) is 24.5. The van der Waals surface area contributed by atoms with Gasteiger partial charge in [-0.25, -0.2) is 0 Å². The molecule has 1 atom stereocenters. The fraction of sp³-hybridized carbons (Fsp3) is 0.469. The number of hydrogen-bond donors (Lipinski definition) is 4. The van der Waals surface area contributed by atoms with Gasteiger partial charge in [-0.15, -0.1) is 10.2 Å². The minimum atomic E-state index is -0.132. The third-order valence-corrected chi connectivity index (χ3v) is 6.90. The molecular formula is C32H45N7O2. The monoisotopic (exact) mass is 559 g/mol. The smallest absolute Gasteiger partial charge is 0.251 e. The molecule has 0 saturated heterocycles. The van der Waals surface area contributed by atoms with Gasteiger partial charge in [-0.2, -0.15) is 5.21 Å². The van der Waals surface area contributed by atoms with Gasteiger partial charge >= 0.3 is 0 Å². The van der Waals surface area contributed by atoms with E-state index >= 15 is 0 Å². The summed E-state index contributed by atoms with van der Waals surface area (Å²) in [7, 11) is 0. The standard InChI is InChI=1S/C32H45N7O2/c1-22(2)34-24(5)9-10-25-7-6-8-26(12-11-25)13-14-27-21-28(32(41)35-23(3)4)15-16-29(27)30(17-18-33-19-20-40)31-36-38-39-37-31/h6-8,11,15-16,20-23,30,33-34H,5,9-10,12-14,17-19H2,1-4H3,(H,35,41)(H,36,37,38,39). The fourth-order valence-corrected chi connectivity index (χ4v) is 4.94. The van der Waals surface area contributed by atoms with Crippen molar-refractivity contribution in [3.05, 3.63) is 88.4 Å². The van der Waals surface area contributed by atoms with Gasteiger partial charge < -0.3 is 20.7 Å². The molecule has 0 fully saturated rings. The number of amides is 1. The van der Waals surface area contributed by atoms with E-state index in [2.05, 4.69) is 81.3 Å². The number of H-pyrrole nitrogens is 1. The van der Waals surface area contributed by atoms with Crippen molar-refractivity contribution < 1.29 is 9.59 Å². The molecule has 1 aliphatic rings. The van der Waals surface area contributed by atoms with Gasteiger partial charge in [-0.05, 0) is 96.0 Å². The maximum absolute atomic E-state index is 12.9. The molecule has 0 radical (unpaired) electrons. The highest BCUT2D eigenvalue weighted by molar-refractivity contribution is 5.94. The molecule has 1 aliphatic carbocycles. The second-order valence-electron chi connectivity index (χ2n) is 11.1. The molecule has 1 amide bonds. The molecule has 0 spiro atoms. The minimum Gasteiger partial charge on any atom is -0.387 e. The highest BCUT2D eigenvalue weighted by Crippen LogP contribution is 2.31. The summed E-state index contributed by atoms with van der Waals surface area (Å²) in [6, 6.07) is 6.32. The van der Waals surface area contributed by atoms with Crippen LogP contribution in [0.5, 0.6) is 0 Å². The van der Waals surface area contributed by atoms with Crippen LogP contribution in [-0.4, -0.2) is 58.0 Å². The molecule has 1 aromatic carbocycles. The Bertz CT molecular complexity index is 1240. The summed E-state index contributed by atoms with van der Waals surface area (Å²) in [4.78, 5) is 23.7. The largest absolute Gasteiger partial charge is 0.387 e. The molecule has 0 aliphatic heterocycles. The molecule has 1 aromatic heterocycles. The van der Waals surface area contributed by atoms with E-state index in [-0.39, 0.29) is 17.9 Å². The molecule has 9 nitrogen and oxygen atoms in total. The van der Waals surface area contributed by atoms with Crippen molar-refractivity contribution in [3.8, 4) is 0 Å². The first kappa shape index (κ1) is 31.7. The Morgan fingerprint density at radius 2 is 1.93 bits per heavy atom. The molecule has 9 heteroatoms. The summed E-state index contributed by atoms with van der Waals surface area (Å²) in [6.07, 6.45) is 14.8. The number of benzene rings is 1. The first-order valence-electron chi connectivity index (χ1n) is 14.6. The van der Waals surface area contributed by atoms with Crippen LogP contribution < -0.4 is 16.0 Å². The number of aromatic nitrogens is 4. The highest BCUT2D eigenvalue weighted by Gasteiger charge is 2.23. The van der Waals surface area contributed by atoms with Crippen LogP contribution in [0.3, 0.4) is 0 Å². The first-order valence-corrected chi connectivity index (χ1v) is 14.6. The summed E-state index contributed by atoms with van der Waals surface area (Å²) >= 11 is 0. The molecular weight excluding hydrogens is 514 g/mol. The number of aldehydes is 1. The quantitative estimate of drug-likeness (QED) is 0.164. The van der Waals surface area contributed by atoms with Crippen molar-refractivity contribution in [1.82, 2.24) is 36.6 Å². The minimum absolute atomic E-state index is 0.0452. The van der Waals surface area contributed by atoms with Crippen LogP contribution >= 0.6 is 0 Å². The van der Waals surface area contributed by atoms with E-state index in [0.29, 0.717) is 36.9 Å². The molecule has 3 rings (SSSR count). The molecule has 4 N–H and O–H groups in total. The van der Waals surface area contributed by atoms with Crippen LogP contribution in [-0.2, 0) is 11.2 Å². The van der Waals surface area contributed by atoms with Crippen molar-refractivity contribution in [2.45, 2.75) is 84.2 Å². The van der Waals surface area contributed by atoms with Crippen LogP contribution in [0.15, 0.2) is 65.9 Å². The van der Waals surface area contributed by atoms with E-state index in [9.17, 15) is 9.59 Å². The SMILES string of the molecule is C=C(CCC1=CCC(CCc2cc(C(=O)NC(C)C)ccc2C(CCNCC=O)c2nn[nH]n2)=CC=C1)NC(C)C. The Morgan fingerprint density at radius 3 is 2.63 bits per heavy atom. The van der Waals surface area contributed by atoms with Gasteiger partial charge in [0.1, 0.15) is 6.29 Å². The summed E-state index contributed by atoms with van der Waals surface area (Å²) in [5.74, 6) is 0.373. The van der Waals surface area contributed by atoms with Gasteiger partial charge in [0.05, 0.1) is 6.54 Å². The van der Waals surface area contributed by atoms with E-state index in [4.69, 9.17) is 0 Å². The highest BCUT2D eigenvalue weighted by atomic mass is 16.1. The Labute approximate surface area is 244 Å². The Balaban J connectivity index is 1.79. The number of allylic oxidation sites excluding steroid dienone is 7. The average Bonchev–Trinajstić information content (AvgIpc) is 3.36. The number of aryl methyl sites for hydroxylation is 1. The Morgan fingerprint density at radius 1 is 1.12 bits per heavy atom. The Kier molecular flexibility index (Phi) is 12.7. The lowest BCUT2D eigenvalue weighted by molar-refractivity contribution is -0.107. The lowest BCUT2D eigenvalue weighted by Crippen LogP contribution is -2.30. The number of tetrazole rings is 1. The topological polar surface area (TPSA) is 125 Å². The van der Waals surface area contributed by atoms with Crippen LogP contribution in [0.2, 0.25) is 0 Å². The summed E-state index contributed by atoms with van der Waals surface area (Å²) in [6.45, 7) is 13.2. The summed E-state index contributed by atoms with van der Waals surface area (Å²) < 4.78 is 0. The van der Waals surface area contributed by atoms with Crippen molar-refractivity contribution in [2.24, 2.45) is 0 Å². The van der Waals surface area contributed by atoms with E-state index in [1.54, 1.807) is 0 Å². The number of hydrogen-bond acceptors (Lipinski definition) is 7. The normalized spacial score (nSPS) is 13.9. The third-order valence-electron chi connectivity index (χ3n) is 6.90. The van der Waals surface area contributed by atoms with Crippen LogP contribution in [0.25, 0.3) is 0 Å². The summed E-state index contributed by atoms with van der Waals surface area (Å²) in [5.41, 5.74) is 6.50. The zero-order valence-corrected chi connectivity index (χ0v) is 24.9. The van der Waals surface area contributed by atoms with Crippen LogP contribution in [0.1, 0.15) is 93.0 Å². The van der Waals surface area contributed by atoms with Gasteiger partial charge in [0.15, 0.2) is 5.82 Å².